The van der Waals surface area contributed by atoms with E-state index in [2.05, 4.69) is 33.8 Å². The fourth-order valence-electron chi connectivity index (χ4n) is 6.58. The molecule has 2 aliphatic rings. The number of amides is 2. The van der Waals surface area contributed by atoms with Crippen molar-refractivity contribution in [3.63, 3.8) is 0 Å². The molecule has 2 fully saturated rings. The largest absolute Gasteiger partial charge is 0.494 e. The highest BCUT2D eigenvalue weighted by Gasteiger charge is 2.62. The molecule has 12 nitrogen and oxygen atoms in total. The van der Waals surface area contributed by atoms with Crippen molar-refractivity contribution in [2.24, 2.45) is 5.92 Å². The third-order valence-electron chi connectivity index (χ3n) is 9.39. The van der Waals surface area contributed by atoms with Crippen LogP contribution in [0.1, 0.15) is 51.9 Å². The molecule has 272 valence electrons. The molecule has 5 rings (SSSR count). The number of esters is 1. The Bertz CT molecular complexity index is 1740. The predicted molar refractivity (Wildman–Crippen MR) is 195 cm³/mol. The normalized spacial score (nSPS) is 21.3. The number of rotatable bonds is 18. The third kappa shape index (κ3) is 8.56. The summed E-state index contributed by atoms with van der Waals surface area (Å²) >= 11 is 6.36. The van der Waals surface area contributed by atoms with Gasteiger partial charge >= 0.3 is 5.97 Å². The van der Waals surface area contributed by atoms with Gasteiger partial charge in [-0.05, 0) is 56.9 Å². The topological polar surface area (TPSA) is 141 Å². The van der Waals surface area contributed by atoms with Gasteiger partial charge in [0.1, 0.15) is 29.5 Å². The van der Waals surface area contributed by atoms with Crippen molar-refractivity contribution in [1.29, 1.82) is 0 Å². The highest BCUT2D eigenvalue weighted by molar-refractivity contribution is 6.31. The van der Waals surface area contributed by atoms with E-state index in [1.54, 1.807) is 61.7 Å². The van der Waals surface area contributed by atoms with Crippen molar-refractivity contribution >= 4 is 45.8 Å². The Morgan fingerprint density at radius 3 is 2.57 bits per heavy atom. The number of benzene rings is 1. The molecular formula is C38H46ClN5O7. The van der Waals surface area contributed by atoms with Crippen LogP contribution in [-0.2, 0) is 19.1 Å². The molecule has 2 aromatic heterocycles. The number of nitrogens with zero attached hydrogens (tertiary/aromatic N) is 3. The summed E-state index contributed by atoms with van der Waals surface area (Å²) in [7, 11) is 3.09. The number of hydrogen-bond acceptors (Lipinski definition) is 10. The van der Waals surface area contributed by atoms with Crippen molar-refractivity contribution in [2.75, 3.05) is 32.7 Å². The molecule has 3 aromatic rings. The molecule has 1 aromatic carbocycles. The Labute approximate surface area is 303 Å². The van der Waals surface area contributed by atoms with Gasteiger partial charge in [-0.3, -0.25) is 9.59 Å². The maximum Gasteiger partial charge on any atom is 0.332 e. The molecule has 1 aliphatic carbocycles. The van der Waals surface area contributed by atoms with Crippen molar-refractivity contribution in [2.45, 2.75) is 75.6 Å². The summed E-state index contributed by atoms with van der Waals surface area (Å²) in [5, 5.41) is 8.16. The lowest BCUT2D eigenvalue weighted by Crippen LogP contribution is -2.55. The van der Waals surface area contributed by atoms with E-state index in [4.69, 9.17) is 30.5 Å². The van der Waals surface area contributed by atoms with Gasteiger partial charge in [0.15, 0.2) is 0 Å². The number of fused-ring (bicyclic) bond motifs is 1. The predicted octanol–water partition coefficient (Wildman–Crippen LogP) is 5.89. The molecular weight excluding hydrogens is 674 g/mol. The Morgan fingerprint density at radius 1 is 1.08 bits per heavy atom. The molecule has 1 unspecified atom stereocenters. The van der Waals surface area contributed by atoms with E-state index in [1.807, 2.05) is 12.1 Å². The average molecular weight is 720 g/mol. The number of allylic oxidation sites excluding steroid dienone is 1. The first-order valence-corrected chi connectivity index (χ1v) is 17.6. The second-order valence-corrected chi connectivity index (χ2v) is 13.2. The molecule has 0 bridgehead atoms. The molecule has 1 aliphatic heterocycles. The Kier molecular flexibility index (Phi) is 12.4. The molecule has 2 N–H and O–H groups in total. The summed E-state index contributed by atoms with van der Waals surface area (Å²) in [6.07, 6.45) is 10.6. The van der Waals surface area contributed by atoms with E-state index in [9.17, 15) is 14.4 Å². The monoisotopic (exact) mass is 719 g/mol. The number of pyridine rings is 2. The summed E-state index contributed by atoms with van der Waals surface area (Å²) in [5.41, 5.74) is -0.600. The van der Waals surface area contributed by atoms with Gasteiger partial charge in [-0.15, -0.1) is 13.2 Å². The van der Waals surface area contributed by atoms with Crippen LogP contribution >= 0.6 is 11.6 Å². The molecule has 51 heavy (non-hydrogen) atoms. The lowest BCUT2D eigenvalue weighted by Gasteiger charge is -2.30. The lowest BCUT2D eigenvalue weighted by molar-refractivity contribution is -0.150. The van der Waals surface area contributed by atoms with Crippen LogP contribution in [0.25, 0.3) is 10.8 Å². The Balaban J connectivity index is 1.45. The number of aromatic nitrogens is 2. The number of anilines is 1. The second kappa shape index (κ2) is 16.9. The highest BCUT2D eigenvalue weighted by Crippen LogP contribution is 2.46. The number of nitrogens with one attached hydrogen (secondary N) is 2. The minimum atomic E-state index is -1.23. The lowest BCUT2D eigenvalue weighted by atomic mass is 10.0. The zero-order valence-corrected chi connectivity index (χ0v) is 30.1. The quantitative estimate of drug-likeness (QED) is 0.0929. The minimum absolute atomic E-state index is 0.0967. The standard InChI is InChI=1S/C38H46ClN5O7/c1-6-9-10-11-12-13-30(42-26-15-17-33(49-5)40-21-26)36(46)44-23-27(51-35-29-18-25(39)14-16-28(29)32(48-4)22-41-35)19-31(44)34(45)43-38(20-24(38)7-2)37(47)50-8-3/h6-7,14-18,21-22,24,27,30-31,42H,1-2,8-13,19-20,23H2,3-5H3,(H,43,45)/t24-,27-,30?,31+,38-/m1/s1. The summed E-state index contributed by atoms with van der Waals surface area (Å²) in [5.74, 6) is -0.275. The zero-order valence-electron chi connectivity index (χ0n) is 29.4. The first kappa shape index (κ1) is 37.4. The maximum absolute atomic E-state index is 14.6. The van der Waals surface area contributed by atoms with Gasteiger partial charge in [-0.1, -0.05) is 36.6 Å². The smallest absolute Gasteiger partial charge is 0.332 e. The van der Waals surface area contributed by atoms with E-state index >= 15 is 0 Å². The van der Waals surface area contributed by atoms with Crippen molar-refractivity contribution in [3.05, 3.63) is 73.1 Å². The van der Waals surface area contributed by atoms with Crippen LogP contribution in [0.2, 0.25) is 5.02 Å². The summed E-state index contributed by atoms with van der Waals surface area (Å²) < 4.78 is 22.5. The number of carbonyl (C=O) groups is 3. The summed E-state index contributed by atoms with van der Waals surface area (Å²) in [4.78, 5) is 52.2. The average Bonchev–Trinajstić information content (AvgIpc) is 3.69. The van der Waals surface area contributed by atoms with E-state index in [0.717, 1.165) is 31.1 Å². The van der Waals surface area contributed by atoms with Crippen LogP contribution in [0, 0.1) is 5.92 Å². The Morgan fingerprint density at radius 2 is 1.90 bits per heavy atom. The number of unbranched alkanes of at least 4 members (excludes halogenated alkanes) is 3. The molecule has 3 heterocycles. The third-order valence-corrected chi connectivity index (χ3v) is 9.63. The van der Waals surface area contributed by atoms with E-state index in [1.165, 1.54) is 7.11 Å². The minimum Gasteiger partial charge on any atom is -0.494 e. The van der Waals surface area contributed by atoms with E-state index < -0.39 is 35.6 Å². The molecule has 2 amide bonds. The number of ether oxygens (including phenoxy) is 4. The van der Waals surface area contributed by atoms with Gasteiger partial charge in [-0.2, -0.15) is 0 Å². The summed E-state index contributed by atoms with van der Waals surface area (Å²) in [6.45, 7) is 9.61. The number of halogens is 1. The van der Waals surface area contributed by atoms with Crippen molar-refractivity contribution in [3.8, 4) is 17.5 Å². The van der Waals surface area contributed by atoms with E-state index in [0.29, 0.717) is 46.4 Å². The fraction of sp³-hybridized carbons (Fsp3) is 0.447. The van der Waals surface area contributed by atoms with Crippen LogP contribution < -0.4 is 24.8 Å². The van der Waals surface area contributed by atoms with Gasteiger partial charge in [0.2, 0.25) is 23.6 Å². The number of likely N-dealkylation sites (tertiary alicyclic amines) is 1. The molecule has 1 saturated carbocycles. The summed E-state index contributed by atoms with van der Waals surface area (Å²) in [6, 6.07) is 7.19. The fourth-order valence-corrected chi connectivity index (χ4v) is 6.75. The molecule has 13 heteroatoms. The molecule has 1 saturated heterocycles. The van der Waals surface area contributed by atoms with Crippen LogP contribution in [0.4, 0.5) is 5.69 Å². The molecule has 5 atom stereocenters. The van der Waals surface area contributed by atoms with E-state index in [-0.39, 0.29) is 31.4 Å². The SMILES string of the molecule is C=CCCCCCC(Nc1ccc(OC)nc1)C(=O)N1C[C@H](Oc2ncc(OC)c3ccc(Cl)cc23)C[C@H]1C(=O)N[C@]1(C(=O)OCC)C[C@H]1C=C. The van der Waals surface area contributed by atoms with Gasteiger partial charge in [0.05, 0.1) is 45.5 Å². The number of methoxy groups -OCH3 is 2. The van der Waals surface area contributed by atoms with Crippen LogP contribution in [0.3, 0.4) is 0 Å². The van der Waals surface area contributed by atoms with Crippen molar-refractivity contribution in [1.82, 2.24) is 20.2 Å². The van der Waals surface area contributed by atoms with Crippen molar-refractivity contribution < 1.29 is 33.3 Å². The number of carbonyl (C=O) groups excluding carboxylic acids is 3. The Hall–Kier alpha value is -4.84. The van der Waals surface area contributed by atoms with Gasteiger partial charge in [0, 0.05) is 34.2 Å². The second-order valence-electron chi connectivity index (χ2n) is 12.7. The van der Waals surface area contributed by atoms with Crippen LogP contribution in [0.5, 0.6) is 17.5 Å². The van der Waals surface area contributed by atoms with Gasteiger partial charge < -0.3 is 34.5 Å². The van der Waals surface area contributed by atoms with Gasteiger partial charge in [0.25, 0.3) is 0 Å². The number of hydrogen-bond donors (Lipinski definition) is 2. The first-order valence-electron chi connectivity index (χ1n) is 17.3. The molecule has 0 radical (unpaired) electrons. The van der Waals surface area contributed by atoms with Crippen LogP contribution in [0.15, 0.2) is 68.0 Å². The van der Waals surface area contributed by atoms with Gasteiger partial charge in [-0.25, -0.2) is 14.8 Å². The zero-order chi connectivity index (χ0) is 36.5. The maximum atomic E-state index is 14.6. The highest BCUT2D eigenvalue weighted by atomic mass is 35.5. The van der Waals surface area contributed by atoms with Crippen LogP contribution in [-0.4, -0.2) is 83.7 Å². The first-order chi connectivity index (χ1) is 24.7. The molecule has 0 spiro atoms.